The predicted molar refractivity (Wildman–Crippen MR) is 82.1 cm³/mol. The van der Waals surface area contributed by atoms with Crippen LogP contribution >= 0.6 is 0 Å². The minimum absolute atomic E-state index is 0.202. The fourth-order valence-corrected chi connectivity index (χ4v) is 2.15. The number of nitrogens with one attached hydrogen (secondary N) is 1. The number of carbonyl (C=O) groups is 1. The van der Waals surface area contributed by atoms with E-state index in [1.165, 1.54) is 6.33 Å². The molecule has 6 nitrogen and oxygen atoms in total. The van der Waals surface area contributed by atoms with Gasteiger partial charge >= 0.3 is 0 Å². The number of aryl methyl sites for hydroxylation is 1. The minimum Gasteiger partial charge on any atom is -0.368 e. The monoisotopic (exact) mass is 285 g/mol. The molecule has 0 saturated carbocycles. The number of nitrogen functional groups attached to an aromatic ring is 1. The predicted octanol–water partition coefficient (Wildman–Crippen LogP) is 2.09. The fraction of sp³-hybridized carbons (Fsp3) is 0.333. The van der Waals surface area contributed by atoms with E-state index in [1.54, 1.807) is 0 Å². The number of nitrogens with zero attached hydrogens (tertiary/aromatic N) is 3. The molecule has 0 aliphatic heterocycles. The Morgan fingerprint density at radius 3 is 2.86 bits per heavy atom. The topological polar surface area (TPSA) is 93.8 Å². The Hall–Kier alpha value is -2.50. The zero-order valence-electron chi connectivity index (χ0n) is 12.0. The molecule has 3 N–H and O–H groups in total. The Balaban J connectivity index is 1.98. The van der Waals surface area contributed by atoms with E-state index in [2.05, 4.69) is 27.2 Å². The van der Waals surface area contributed by atoms with Crippen LogP contribution in [0.1, 0.15) is 35.7 Å². The lowest BCUT2D eigenvalue weighted by molar-refractivity contribution is 0.112. The fourth-order valence-electron chi connectivity index (χ4n) is 2.15. The van der Waals surface area contributed by atoms with E-state index in [0.717, 1.165) is 36.7 Å². The third-order valence-corrected chi connectivity index (χ3v) is 3.36. The summed E-state index contributed by atoms with van der Waals surface area (Å²) in [5.74, 6) is 0.687. The smallest absolute Gasteiger partial charge is 0.227 e. The summed E-state index contributed by atoms with van der Waals surface area (Å²) in [7, 11) is 0. The maximum absolute atomic E-state index is 11.0. The van der Waals surface area contributed by atoms with Crippen LogP contribution in [0.4, 0.5) is 11.9 Å². The van der Waals surface area contributed by atoms with Gasteiger partial charge in [0.25, 0.3) is 0 Å². The Labute approximate surface area is 123 Å². The molecule has 0 aliphatic rings. The first-order chi connectivity index (χ1) is 10.2. The van der Waals surface area contributed by atoms with Gasteiger partial charge in [-0.15, -0.1) is 0 Å². The zero-order chi connectivity index (χ0) is 15.1. The molecule has 1 atom stereocenters. The highest BCUT2D eigenvalue weighted by atomic mass is 16.1. The lowest BCUT2D eigenvalue weighted by atomic mass is 10.00. The second-order valence-electron chi connectivity index (χ2n) is 4.77. The van der Waals surface area contributed by atoms with Crippen LogP contribution in [0.25, 0.3) is 0 Å². The van der Waals surface area contributed by atoms with Crippen molar-refractivity contribution in [1.82, 2.24) is 15.0 Å². The van der Waals surface area contributed by atoms with Crippen molar-refractivity contribution in [3.63, 3.8) is 0 Å². The maximum atomic E-state index is 11.0. The normalized spacial score (nSPS) is 11.9. The first-order valence-electron chi connectivity index (χ1n) is 6.97. The van der Waals surface area contributed by atoms with Crippen LogP contribution in [-0.2, 0) is 6.42 Å². The summed E-state index contributed by atoms with van der Waals surface area (Å²) in [6, 6.07) is 7.85. The number of hydrogen-bond donors (Lipinski definition) is 2. The van der Waals surface area contributed by atoms with E-state index < -0.39 is 0 Å². The molecule has 1 aromatic carbocycles. The standard InChI is InChI=1S/C15H19N5O/c1-2-13(19-15-18-10-17-14(16)20-15)8-7-11-5-3-4-6-12(11)9-21/h3-6,9-10,13H,2,7-8H2,1H3,(H3,16,17,18,19,20)/t13-/m1/s1. The van der Waals surface area contributed by atoms with Crippen molar-refractivity contribution in [3.05, 3.63) is 41.7 Å². The minimum atomic E-state index is 0.202. The van der Waals surface area contributed by atoms with Crippen molar-refractivity contribution >= 4 is 18.2 Å². The first kappa shape index (κ1) is 14.9. The molecule has 0 unspecified atom stereocenters. The molecular weight excluding hydrogens is 266 g/mol. The van der Waals surface area contributed by atoms with Gasteiger partial charge in [0.2, 0.25) is 11.9 Å². The summed E-state index contributed by atoms with van der Waals surface area (Å²) in [5.41, 5.74) is 7.34. The molecule has 0 fully saturated rings. The summed E-state index contributed by atoms with van der Waals surface area (Å²) in [5, 5.41) is 3.25. The van der Waals surface area contributed by atoms with Crippen molar-refractivity contribution in [2.24, 2.45) is 0 Å². The molecule has 0 bridgehead atoms. The lowest BCUT2D eigenvalue weighted by Crippen LogP contribution is -2.21. The quantitative estimate of drug-likeness (QED) is 0.756. The third kappa shape index (κ3) is 4.24. The molecule has 1 heterocycles. The van der Waals surface area contributed by atoms with E-state index in [-0.39, 0.29) is 12.0 Å². The molecule has 0 radical (unpaired) electrons. The van der Waals surface area contributed by atoms with Gasteiger partial charge in [-0.3, -0.25) is 4.79 Å². The second kappa shape index (κ2) is 7.33. The zero-order valence-corrected chi connectivity index (χ0v) is 12.0. The summed E-state index contributed by atoms with van der Waals surface area (Å²) in [6.07, 6.45) is 4.91. The highest BCUT2D eigenvalue weighted by Crippen LogP contribution is 2.13. The van der Waals surface area contributed by atoms with Crippen molar-refractivity contribution in [2.75, 3.05) is 11.1 Å². The van der Waals surface area contributed by atoms with Crippen LogP contribution in [0.15, 0.2) is 30.6 Å². The van der Waals surface area contributed by atoms with Gasteiger partial charge in [-0.05, 0) is 24.8 Å². The lowest BCUT2D eigenvalue weighted by Gasteiger charge is -2.17. The van der Waals surface area contributed by atoms with Crippen LogP contribution in [0.3, 0.4) is 0 Å². The molecule has 2 aromatic rings. The van der Waals surface area contributed by atoms with Crippen molar-refractivity contribution < 1.29 is 4.79 Å². The molecule has 2 rings (SSSR count). The number of benzene rings is 1. The Kier molecular flexibility index (Phi) is 5.20. The molecule has 110 valence electrons. The van der Waals surface area contributed by atoms with Gasteiger partial charge in [0.15, 0.2) is 0 Å². The number of carbonyl (C=O) groups excluding carboxylic acids is 1. The van der Waals surface area contributed by atoms with E-state index >= 15 is 0 Å². The highest BCUT2D eigenvalue weighted by molar-refractivity contribution is 5.77. The molecular formula is C15H19N5O. The van der Waals surface area contributed by atoms with Gasteiger partial charge in [0.05, 0.1) is 0 Å². The highest BCUT2D eigenvalue weighted by Gasteiger charge is 2.10. The van der Waals surface area contributed by atoms with E-state index in [4.69, 9.17) is 5.73 Å². The first-order valence-corrected chi connectivity index (χ1v) is 6.97. The molecule has 0 amide bonds. The number of anilines is 2. The average molecular weight is 285 g/mol. The Morgan fingerprint density at radius 1 is 1.33 bits per heavy atom. The van der Waals surface area contributed by atoms with Crippen LogP contribution in [-0.4, -0.2) is 27.3 Å². The summed E-state index contributed by atoms with van der Waals surface area (Å²) >= 11 is 0. The van der Waals surface area contributed by atoms with Crippen LogP contribution in [0.5, 0.6) is 0 Å². The summed E-state index contributed by atoms with van der Waals surface area (Å²) in [6.45, 7) is 2.09. The van der Waals surface area contributed by atoms with Crippen LogP contribution in [0, 0.1) is 0 Å². The van der Waals surface area contributed by atoms with E-state index in [1.807, 2.05) is 24.3 Å². The third-order valence-electron chi connectivity index (χ3n) is 3.36. The molecule has 0 spiro atoms. The number of hydrogen-bond acceptors (Lipinski definition) is 6. The SMILES string of the molecule is CC[C@H](CCc1ccccc1C=O)Nc1ncnc(N)n1. The van der Waals surface area contributed by atoms with Gasteiger partial charge in [0, 0.05) is 11.6 Å². The van der Waals surface area contributed by atoms with Gasteiger partial charge < -0.3 is 11.1 Å². The number of aromatic nitrogens is 3. The van der Waals surface area contributed by atoms with Gasteiger partial charge in [-0.25, -0.2) is 9.97 Å². The van der Waals surface area contributed by atoms with Crippen molar-refractivity contribution in [3.8, 4) is 0 Å². The Bertz CT molecular complexity index is 602. The summed E-state index contributed by atoms with van der Waals surface area (Å²) in [4.78, 5) is 22.9. The number of nitrogens with two attached hydrogens (primary N) is 1. The second-order valence-corrected chi connectivity index (χ2v) is 4.77. The molecule has 6 heteroatoms. The van der Waals surface area contributed by atoms with Gasteiger partial charge in [0.1, 0.15) is 12.6 Å². The Morgan fingerprint density at radius 2 is 2.14 bits per heavy atom. The molecule has 0 saturated heterocycles. The van der Waals surface area contributed by atoms with Crippen LogP contribution in [0.2, 0.25) is 0 Å². The molecule has 1 aromatic heterocycles. The average Bonchev–Trinajstić information content (AvgIpc) is 2.51. The van der Waals surface area contributed by atoms with E-state index in [9.17, 15) is 4.79 Å². The van der Waals surface area contributed by atoms with E-state index in [0.29, 0.717) is 5.95 Å². The number of rotatable bonds is 7. The van der Waals surface area contributed by atoms with Crippen LogP contribution < -0.4 is 11.1 Å². The van der Waals surface area contributed by atoms with Gasteiger partial charge in [-0.1, -0.05) is 31.2 Å². The number of aldehydes is 1. The van der Waals surface area contributed by atoms with Gasteiger partial charge in [-0.2, -0.15) is 4.98 Å². The maximum Gasteiger partial charge on any atom is 0.227 e. The molecule has 0 aliphatic carbocycles. The largest absolute Gasteiger partial charge is 0.368 e. The molecule has 21 heavy (non-hydrogen) atoms. The summed E-state index contributed by atoms with van der Waals surface area (Å²) < 4.78 is 0. The van der Waals surface area contributed by atoms with Crippen molar-refractivity contribution in [2.45, 2.75) is 32.2 Å². The van der Waals surface area contributed by atoms with Crippen molar-refractivity contribution in [1.29, 1.82) is 0 Å².